The first-order valence-electron chi connectivity index (χ1n) is 7.01. The van der Waals surface area contributed by atoms with E-state index in [1.54, 1.807) is 0 Å². The SMILES string of the molecule is CC.CN.O=CCCCCC1SC[C@@H]2NC(=O)N[C@H]12. The van der Waals surface area contributed by atoms with Crippen LogP contribution in [0.4, 0.5) is 4.79 Å². The van der Waals surface area contributed by atoms with Crippen molar-refractivity contribution in [1.29, 1.82) is 0 Å². The van der Waals surface area contributed by atoms with E-state index in [1.807, 2.05) is 25.6 Å². The van der Waals surface area contributed by atoms with Crippen LogP contribution >= 0.6 is 11.8 Å². The first-order valence-corrected chi connectivity index (χ1v) is 8.06. The van der Waals surface area contributed by atoms with E-state index in [4.69, 9.17) is 0 Å². The maximum atomic E-state index is 11.1. The summed E-state index contributed by atoms with van der Waals surface area (Å²) in [6.45, 7) is 4.00. The minimum atomic E-state index is -0.0248. The number of urea groups is 1. The molecule has 2 amide bonds. The van der Waals surface area contributed by atoms with Crippen molar-refractivity contribution >= 4 is 24.1 Å². The molecule has 1 unspecified atom stereocenters. The number of carbonyl (C=O) groups is 2. The van der Waals surface area contributed by atoms with Gasteiger partial charge in [-0.25, -0.2) is 4.79 Å². The van der Waals surface area contributed by atoms with E-state index < -0.39 is 0 Å². The topological polar surface area (TPSA) is 84.2 Å². The van der Waals surface area contributed by atoms with Crippen LogP contribution in [0.5, 0.6) is 0 Å². The van der Waals surface area contributed by atoms with Gasteiger partial charge in [-0.1, -0.05) is 20.3 Å². The summed E-state index contributed by atoms with van der Waals surface area (Å²) in [5.41, 5.74) is 4.50. The highest BCUT2D eigenvalue weighted by Gasteiger charge is 2.42. The normalized spacial score (nSPS) is 26.9. The molecule has 2 aliphatic rings. The first kappa shape index (κ1) is 18.2. The molecule has 2 aliphatic heterocycles. The smallest absolute Gasteiger partial charge is 0.315 e. The average molecular weight is 289 g/mol. The number of carbonyl (C=O) groups excluding carboxylic acids is 2. The van der Waals surface area contributed by atoms with Crippen LogP contribution in [0.1, 0.15) is 39.5 Å². The van der Waals surface area contributed by atoms with E-state index in [-0.39, 0.29) is 6.03 Å². The number of nitrogens with two attached hydrogens (primary N) is 1. The van der Waals surface area contributed by atoms with Gasteiger partial charge in [-0.15, -0.1) is 0 Å². The van der Waals surface area contributed by atoms with E-state index >= 15 is 0 Å². The molecule has 3 atom stereocenters. The zero-order chi connectivity index (χ0) is 14.7. The van der Waals surface area contributed by atoms with Crippen LogP contribution in [0, 0.1) is 0 Å². The molecule has 0 bridgehead atoms. The van der Waals surface area contributed by atoms with Gasteiger partial charge in [0.05, 0.1) is 12.1 Å². The zero-order valence-corrected chi connectivity index (χ0v) is 13.0. The molecule has 0 radical (unpaired) electrons. The molecule has 0 saturated carbocycles. The van der Waals surface area contributed by atoms with E-state index in [1.165, 1.54) is 7.05 Å². The number of rotatable bonds is 5. The Kier molecular flexibility index (Phi) is 10.7. The second-order valence-electron chi connectivity index (χ2n) is 4.07. The molecule has 4 N–H and O–H groups in total. The second kappa shape index (κ2) is 11.1. The Bertz CT molecular complexity index is 264. The first-order chi connectivity index (χ1) is 9.31. The molecule has 2 fully saturated rings. The van der Waals surface area contributed by atoms with Gasteiger partial charge in [0.15, 0.2) is 0 Å². The molecule has 0 aliphatic carbocycles. The molecule has 0 aromatic rings. The Balaban J connectivity index is 0.000000741. The average Bonchev–Trinajstić information content (AvgIpc) is 2.99. The Morgan fingerprint density at radius 1 is 1.32 bits per heavy atom. The van der Waals surface area contributed by atoms with Gasteiger partial charge in [0, 0.05) is 17.4 Å². The molecule has 5 nitrogen and oxygen atoms in total. The summed E-state index contributed by atoms with van der Waals surface area (Å²) < 4.78 is 0. The van der Waals surface area contributed by atoms with Gasteiger partial charge in [0.25, 0.3) is 0 Å². The van der Waals surface area contributed by atoms with Crippen molar-refractivity contribution in [2.75, 3.05) is 12.8 Å². The molecule has 2 rings (SSSR count). The summed E-state index contributed by atoms with van der Waals surface area (Å²) in [4.78, 5) is 21.3. The highest BCUT2D eigenvalue weighted by Crippen LogP contribution is 2.33. The number of hydrogen-bond donors (Lipinski definition) is 3. The standard InChI is InChI=1S/C10H16N2O2S.C2H6.CH5N/c13-5-3-1-2-4-8-9-7(6-15-8)11-10(14)12-9;2*1-2/h5,7-9H,1-4,6H2,(H2,11,12,14);1-2H3;2H2,1H3/t7-,8?,9-;;/m0../s1. The lowest BCUT2D eigenvalue weighted by Crippen LogP contribution is -2.36. The van der Waals surface area contributed by atoms with Crippen LogP contribution in [-0.2, 0) is 4.79 Å². The molecule has 6 heteroatoms. The van der Waals surface area contributed by atoms with Gasteiger partial charge in [-0.05, 0) is 19.9 Å². The minimum absolute atomic E-state index is 0.0248. The fourth-order valence-corrected chi connectivity index (χ4v) is 3.76. The van der Waals surface area contributed by atoms with E-state index in [0.29, 0.717) is 23.8 Å². The Hall–Kier alpha value is -0.750. The van der Waals surface area contributed by atoms with Crippen LogP contribution in [0.2, 0.25) is 0 Å². The van der Waals surface area contributed by atoms with Gasteiger partial charge in [0.2, 0.25) is 0 Å². The Morgan fingerprint density at radius 3 is 2.63 bits per heavy atom. The third-order valence-corrected chi connectivity index (χ3v) is 4.51. The summed E-state index contributed by atoms with van der Waals surface area (Å²) in [6.07, 6.45) is 4.79. The van der Waals surface area contributed by atoms with E-state index in [2.05, 4.69) is 16.4 Å². The fourth-order valence-electron chi connectivity index (χ4n) is 2.22. The van der Waals surface area contributed by atoms with Crippen molar-refractivity contribution in [1.82, 2.24) is 10.6 Å². The lowest BCUT2D eigenvalue weighted by Gasteiger charge is -2.15. The highest BCUT2D eigenvalue weighted by molar-refractivity contribution is 8.00. The number of amides is 2. The van der Waals surface area contributed by atoms with Crippen LogP contribution in [0.25, 0.3) is 0 Å². The quantitative estimate of drug-likeness (QED) is 0.407. The number of hydrogen-bond acceptors (Lipinski definition) is 4. The fraction of sp³-hybridized carbons (Fsp3) is 0.846. The number of thioether (sulfide) groups is 1. The summed E-state index contributed by atoms with van der Waals surface area (Å²) >= 11 is 1.93. The van der Waals surface area contributed by atoms with E-state index in [0.717, 1.165) is 31.3 Å². The van der Waals surface area contributed by atoms with Gasteiger partial charge >= 0.3 is 6.03 Å². The Labute approximate surface area is 120 Å². The lowest BCUT2D eigenvalue weighted by atomic mass is 10.0. The number of fused-ring (bicyclic) bond motifs is 1. The van der Waals surface area contributed by atoms with Crippen molar-refractivity contribution in [2.45, 2.75) is 56.9 Å². The summed E-state index contributed by atoms with van der Waals surface area (Å²) in [6, 6.07) is 0.598. The summed E-state index contributed by atoms with van der Waals surface area (Å²) in [7, 11) is 1.50. The molecule has 2 saturated heterocycles. The molecule has 0 aromatic heterocycles. The predicted octanol–water partition coefficient (Wildman–Crippen LogP) is 1.51. The lowest BCUT2D eigenvalue weighted by molar-refractivity contribution is -0.107. The number of unbranched alkanes of at least 4 members (excludes halogenated alkanes) is 2. The predicted molar refractivity (Wildman–Crippen MR) is 81.5 cm³/mol. The third kappa shape index (κ3) is 5.82. The monoisotopic (exact) mass is 289 g/mol. The minimum Gasteiger partial charge on any atom is -0.333 e. The maximum absolute atomic E-state index is 11.1. The van der Waals surface area contributed by atoms with Crippen molar-refractivity contribution < 1.29 is 9.59 Å². The van der Waals surface area contributed by atoms with Gasteiger partial charge < -0.3 is 21.2 Å². The van der Waals surface area contributed by atoms with E-state index in [9.17, 15) is 9.59 Å². The van der Waals surface area contributed by atoms with Gasteiger partial charge in [-0.3, -0.25) is 0 Å². The summed E-state index contributed by atoms with van der Waals surface area (Å²) in [5, 5.41) is 6.42. The van der Waals surface area contributed by atoms with Crippen LogP contribution in [-0.4, -0.2) is 42.5 Å². The largest absolute Gasteiger partial charge is 0.333 e. The van der Waals surface area contributed by atoms with Gasteiger partial charge in [-0.2, -0.15) is 11.8 Å². The number of aldehydes is 1. The van der Waals surface area contributed by atoms with Crippen LogP contribution < -0.4 is 16.4 Å². The van der Waals surface area contributed by atoms with Crippen molar-refractivity contribution in [3.63, 3.8) is 0 Å². The molecular weight excluding hydrogens is 262 g/mol. The molecule has 2 heterocycles. The Morgan fingerprint density at radius 2 is 2.00 bits per heavy atom. The van der Waals surface area contributed by atoms with Crippen molar-refractivity contribution in [3.05, 3.63) is 0 Å². The molecular formula is C13H27N3O2S. The zero-order valence-electron chi connectivity index (χ0n) is 12.1. The van der Waals surface area contributed by atoms with Crippen molar-refractivity contribution in [2.24, 2.45) is 5.73 Å². The molecule has 0 aromatic carbocycles. The van der Waals surface area contributed by atoms with Crippen LogP contribution in [0.3, 0.4) is 0 Å². The second-order valence-corrected chi connectivity index (χ2v) is 5.35. The van der Waals surface area contributed by atoms with Crippen LogP contribution in [0.15, 0.2) is 0 Å². The number of nitrogens with one attached hydrogen (secondary N) is 2. The molecule has 0 spiro atoms. The highest BCUT2D eigenvalue weighted by atomic mass is 32.2. The molecule has 19 heavy (non-hydrogen) atoms. The maximum Gasteiger partial charge on any atom is 0.315 e. The molecule has 112 valence electrons. The summed E-state index contributed by atoms with van der Waals surface area (Å²) in [5.74, 6) is 1.02. The van der Waals surface area contributed by atoms with Crippen molar-refractivity contribution in [3.8, 4) is 0 Å². The van der Waals surface area contributed by atoms with Gasteiger partial charge in [0.1, 0.15) is 6.29 Å². The third-order valence-electron chi connectivity index (χ3n) is 3.00.